The van der Waals surface area contributed by atoms with Crippen LogP contribution in [0.15, 0.2) is 12.2 Å². The van der Waals surface area contributed by atoms with E-state index in [2.05, 4.69) is 45.7 Å². The van der Waals surface area contributed by atoms with E-state index in [1.807, 2.05) is 0 Å². The Hall–Kier alpha value is -4.40. The average molecular weight is 1440 g/mol. The molecule has 6 fully saturated rings. The van der Waals surface area contributed by atoms with Gasteiger partial charge in [0.25, 0.3) is 0 Å². The summed E-state index contributed by atoms with van der Waals surface area (Å²) in [6.07, 6.45) is -26.2. The molecular weight excluding hydrogens is 1330 g/mol. The fourth-order valence-electron chi connectivity index (χ4n) is 13.0. The highest BCUT2D eigenvalue weighted by Gasteiger charge is 2.58. The van der Waals surface area contributed by atoms with Crippen LogP contribution in [0.5, 0.6) is 0 Å². The smallest absolute Gasteiger partial charge is 0.305 e. The zero-order chi connectivity index (χ0) is 73.7. The van der Waals surface area contributed by atoms with Gasteiger partial charge in [-0.3, -0.25) is 28.8 Å². The van der Waals surface area contributed by atoms with Crippen LogP contribution in [0, 0.1) is 0 Å². The number of methoxy groups -OCH3 is 1. The monoisotopic (exact) mass is 1440 g/mol. The summed E-state index contributed by atoms with van der Waals surface area (Å²) >= 11 is 0. The summed E-state index contributed by atoms with van der Waals surface area (Å²) in [7, 11) is 1.21. The fraction of sp³-hybridized carbons (Fsp3) is 0.875. The second-order valence-electron chi connectivity index (χ2n) is 26.1. The first kappa shape index (κ1) is 84.5. The molecule has 6 heterocycles. The molecule has 576 valence electrons. The minimum atomic E-state index is -2.07. The Morgan fingerprint density at radius 2 is 0.790 bits per heavy atom. The van der Waals surface area contributed by atoms with Gasteiger partial charge in [-0.2, -0.15) is 0 Å². The van der Waals surface area contributed by atoms with Crippen LogP contribution < -0.4 is 26.6 Å². The van der Waals surface area contributed by atoms with Crippen LogP contribution >= 0.6 is 0 Å². The minimum absolute atomic E-state index is 0.0208. The van der Waals surface area contributed by atoms with Crippen molar-refractivity contribution in [2.45, 2.75) is 322 Å². The summed E-state index contributed by atoms with van der Waals surface area (Å²) in [4.78, 5) is 76.8. The number of hydrogen-bond donors (Lipinski definition) is 17. The Morgan fingerprint density at radius 1 is 0.400 bits per heavy atom. The van der Waals surface area contributed by atoms with E-state index in [0.717, 1.165) is 79.6 Å². The van der Waals surface area contributed by atoms with E-state index >= 15 is 0 Å². The summed E-state index contributed by atoms with van der Waals surface area (Å²) in [6, 6.07) is -8.51. The average Bonchev–Trinajstić information content (AvgIpc) is 0.750. The van der Waals surface area contributed by atoms with Crippen LogP contribution in [-0.2, 0) is 90.3 Å². The molecule has 6 rings (SSSR count). The Morgan fingerprint density at radius 3 is 1.21 bits per heavy atom. The first-order chi connectivity index (χ1) is 47.6. The second kappa shape index (κ2) is 41.3. The van der Waals surface area contributed by atoms with Gasteiger partial charge in [0.15, 0.2) is 37.7 Å². The number of aliphatic hydroxyl groups is 12. The highest BCUT2D eigenvalue weighted by molar-refractivity contribution is 5.76. The third-order valence-corrected chi connectivity index (χ3v) is 18.2. The van der Waals surface area contributed by atoms with Crippen molar-refractivity contribution in [2.75, 3.05) is 33.5 Å². The quantitative estimate of drug-likeness (QED) is 0.0158. The molecule has 5 amide bonds. The van der Waals surface area contributed by atoms with Gasteiger partial charge in [0.1, 0.15) is 134 Å². The van der Waals surface area contributed by atoms with Gasteiger partial charge in [-0.25, -0.2) is 0 Å². The molecule has 17 unspecified atom stereocenters. The molecule has 0 aromatic carbocycles. The van der Waals surface area contributed by atoms with Gasteiger partial charge in [-0.1, -0.05) is 70.4 Å². The van der Waals surface area contributed by atoms with Crippen LogP contribution in [0.3, 0.4) is 0 Å². The van der Waals surface area contributed by atoms with E-state index in [9.17, 15) is 90.0 Å². The number of nitrogens with one attached hydrogen (secondary N) is 5. The van der Waals surface area contributed by atoms with Crippen molar-refractivity contribution < 1.29 is 152 Å². The third-order valence-electron chi connectivity index (χ3n) is 18.2. The molecule has 17 N–H and O–H groups in total. The first-order valence-corrected chi connectivity index (χ1v) is 34.4. The normalized spacial score (nSPS) is 39.3. The predicted molar refractivity (Wildman–Crippen MR) is 339 cm³/mol. The second-order valence-corrected chi connectivity index (χ2v) is 26.1. The topological polar surface area (TPSA) is 525 Å². The van der Waals surface area contributed by atoms with E-state index < -0.39 is 246 Å². The van der Waals surface area contributed by atoms with Crippen molar-refractivity contribution in [2.24, 2.45) is 0 Å². The highest BCUT2D eigenvalue weighted by atomic mass is 16.8. The molecule has 30 atom stereocenters. The molecule has 0 aliphatic carbocycles. The number of amides is 5. The zero-order valence-corrected chi connectivity index (χ0v) is 57.8. The lowest BCUT2D eigenvalue weighted by atomic mass is 9.93. The van der Waals surface area contributed by atoms with Gasteiger partial charge in [0.2, 0.25) is 35.8 Å². The van der Waals surface area contributed by atoms with E-state index in [4.69, 9.17) is 61.6 Å². The van der Waals surface area contributed by atoms with Crippen LogP contribution in [0.4, 0.5) is 0 Å². The Balaban J connectivity index is 1.17. The van der Waals surface area contributed by atoms with Crippen molar-refractivity contribution in [1.29, 1.82) is 0 Å². The molecule has 6 aliphatic rings. The van der Waals surface area contributed by atoms with E-state index in [-0.39, 0.29) is 6.42 Å². The van der Waals surface area contributed by atoms with Gasteiger partial charge in [0, 0.05) is 48.1 Å². The van der Waals surface area contributed by atoms with Crippen LogP contribution in [-0.4, -0.2) is 314 Å². The van der Waals surface area contributed by atoms with Crippen molar-refractivity contribution in [3.63, 3.8) is 0 Å². The first-order valence-electron chi connectivity index (χ1n) is 34.4. The minimum Gasteiger partial charge on any atom is -0.433 e. The number of carbonyl (C=O) groups is 6. The maximum Gasteiger partial charge on any atom is 0.305 e. The number of unbranched alkanes of at least 4 members (excludes halogenated alkanes) is 11. The molecule has 0 bridgehead atoms. The maximum atomic E-state index is 13.5. The van der Waals surface area contributed by atoms with Crippen LogP contribution in [0.2, 0.25) is 0 Å². The van der Waals surface area contributed by atoms with Crippen molar-refractivity contribution >= 4 is 35.5 Å². The lowest BCUT2D eigenvalue weighted by Crippen LogP contribution is -2.72. The van der Waals surface area contributed by atoms with Gasteiger partial charge in [-0.05, 0) is 39.0 Å². The van der Waals surface area contributed by atoms with Gasteiger partial charge >= 0.3 is 5.97 Å². The van der Waals surface area contributed by atoms with Crippen LogP contribution in [0.1, 0.15) is 138 Å². The Kier molecular flexibility index (Phi) is 34.9. The SMILES string of the molecule is CCCCCC/C=C\CCCCCCCCCC(=O)NC1C(O)[C@H](O)C(OC(C)=O)O[C@H]1O[C@@H]1C(CO)O[C@@H](O[C@@H]2C(CO)O[C@@H](O[C@@H]3C(CO)O[C@@H](O[C@@H]4C(CO[C@@H]5OC(C)[C@@H](O)C(O)C5OC)O[C@@H](O)C(NC(C)=O)C4O)C(NC(C)=O)C3O)[C@@H](NC(C)=O)C2O)C(NC(C)=O)C1O. The van der Waals surface area contributed by atoms with E-state index in [1.165, 1.54) is 39.7 Å². The molecule has 6 aliphatic heterocycles. The summed E-state index contributed by atoms with van der Waals surface area (Å²) in [6.45, 7) is 5.10. The summed E-state index contributed by atoms with van der Waals surface area (Å²) in [5.74, 6) is -4.75. The molecule has 0 saturated carbocycles. The van der Waals surface area contributed by atoms with Gasteiger partial charge in [-0.15, -0.1) is 0 Å². The summed E-state index contributed by atoms with van der Waals surface area (Å²) < 4.78 is 77.0. The number of rotatable bonds is 36. The summed E-state index contributed by atoms with van der Waals surface area (Å²) in [5, 5.41) is 148. The molecular formula is C64H109N5O31. The summed E-state index contributed by atoms with van der Waals surface area (Å²) in [5.41, 5.74) is 0. The molecule has 36 nitrogen and oxygen atoms in total. The molecule has 0 aromatic heterocycles. The molecule has 6 saturated heterocycles. The lowest BCUT2D eigenvalue weighted by molar-refractivity contribution is -0.373. The maximum absolute atomic E-state index is 13.5. The van der Waals surface area contributed by atoms with Crippen molar-refractivity contribution in [3.8, 4) is 0 Å². The number of aliphatic hydroxyl groups excluding tert-OH is 12. The molecule has 36 heteroatoms. The predicted octanol–water partition coefficient (Wildman–Crippen LogP) is -5.15. The molecule has 0 radical (unpaired) electrons. The van der Waals surface area contributed by atoms with Gasteiger partial charge < -0.3 is 149 Å². The van der Waals surface area contributed by atoms with E-state index in [0.29, 0.717) is 12.8 Å². The number of ether oxygens (including phenoxy) is 13. The fourth-order valence-corrected chi connectivity index (χ4v) is 13.0. The third kappa shape index (κ3) is 23.3. The number of allylic oxidation sites excluding steroid dienone is 2. The Labute approximate surface area is 580 Å². The Bertz CT molecular complexity index is 2550. The highest BCUT2D eigenvalue weighted by Crippen LogP contribution is 2.37. The molecule has 100 heavy (non-hydrogen) atoms. The number of carbonyl (C=O) groups excluding carboxylic acids is 6. The zero-order valence-electron chi connectivity index (χ0n) is 57.8. The standard InChI is InChI=1S/C64H109N5O31/c1-9-10-11-12-13-14-15-16-17-18-19-20-21-22-23-24-39(78)69-41-46(80)52(86)63(91-34(7)77)100-62(41)98-55-37(27-72)94-60(43(50(55)84)67-32(5)75)96-53-35(25-70)93-59(42(48(53)82)66-31(4)74)97-54-36(26-71)95-61(44(49(54)83)68-33(6)76)99-56-38(92-58(87)40(47(56)81)65-30(3)73)28-89-64-57(88-8)51(85)45(79)29(2)90-64/h14-15,29,35-38,40-64,70-72,79-87H,9-13,16-28H2,1-8H3,(H,65,73)(H,66,74)(H,67,75)(H,68,76)(H,69,78)/b15-14-/t29?,35?,36?,37?,38?,40?,41?,42-,43?,44?,45+,46?,47?,48?,49?,50?,51?,52-,53+,54+,55+,56+,57?,58+,59-,60-,61-,62+,63?,64+/m0/s1. The van der Waals surface area contributed by atoms with Crippen molar-refractivity contribution in [3.05, 3.63) is 12.2 Å². The number of esters is 1. The largest absolute Gasteiger partial charge is 0.433 e. The van der Waals surface area contributed by atoms with E-state index in [1.54, 1.807) is 0 Å². The van der Waals surface area contributed by atoms with Crippen LogP contribution in [0.25, 0.3) is 0 Å². The number of hydrogen-bond acceptors (Lipinski definition) is 31. The molecule has 0 spiro atoms. The van der Waals surface area contributed by atoms with Gasteiger partial charge in [0.05, 0.1) is 32.5 Å². The lowest BCUT2D eigenvalue weighted by Gasteiger charge is -2.51. The molecule has 0 aromatic rings. The van der Waals surface area contributed by atoms with Crippen molar-refractivity contribution in [1.82, 2.24) is 26.6 Å².